The maximum atomic E-state index is 14.3. The molecule has 2 heterocycles. The largest absolute Gasteiger partial charge is 0.400 e. The van der Waals surface area contributed by atoms with Crippen LogP contribution in [0.1, 0.15) is 27.9 Å². The number of nitrogens with one attached hydrogen (secondary N) is 1. The quantitative estimate of drug-likeness (QED) is 0.642. The predicted molar refractivity (Wildman–Crippen MR) is 122 cm³/mol. The van der Waals surface area contributed by atoms with E-state index >= 15 is 0 Å². The summed E-state index contributed by atoms with van der Waals surface area (Å²) in [5, 5.41) is 2.96. The van der Waals surface area contributed by atoms with Crippen LogP contribution in [0.2, 0.25) is 10.0 Å². The van der Waals surface area contributed by atoms with Gasteiger partial charge in [0.2, 0.25) is 0 Å². The lowest BCUT2D eigenvalue weighted by Crippen LogP contribution is -2.53. The maximum Gasteiger partial charge on any atom is 0.400 e. The Balaban J connectivity index is 1.56. The summed E-state index contributed by atoms with van der Waals surface area (Å²) in [7, 11) is -3.07. The van der Waals surface area contributed by atoms with Crippen molar-refractivity contribution in [3.63, 3.8) is 0 Å². The lowest BCUT2D eigenvalue weighted by Gasteiger charge is -2.33. The van der Waals surface area contributed by atoms with Crippen LogP contribution in [0.4, 0.5) is 18.9 Å². The molecule has 1 unspecified atom stereocenters. The molecule has 2 fully saturated rings. The van der Waals surface area contributed by atoms with Crippen LogP contribution in [0.25, 0.3) is 0 Å². The molecule has 33 heavy (non-hydrogen) atoms. The van der Waals surface area contributed by atoms with Gasteiger partial charge in [-0.3, -0.25) is 4.79 Å². The van der Waals surface area contributed by atoms with Gasteiger partial charge in [-0.2, -0.15) is 13.2 Å². The number of aryl methyl sites for hydroxylation is 1. The minimum Gasteiger partial charge on any atom is -0.370 e. The molecule has 2 aliphatic heterocycles. The van der Waals surface area contributed by atoms with Crippen LogP contribution in [0.15, 0.2) is 36.4 Å². The summed E-state index contributed by atoms with van der Waals surface area (Å²) < 4.78 is 65.5. The highest BCUT2D eigenvalue weighted by molar-refractivity contribution is 7.92. The topological polar surface area (TPSA) is 66.5 Å². The number of hydrogen-bond acceptors (Lipinski definition) is 4. The van der Waals surface area contributed by atoms with E-state index in [0.29, 0.717) is 16.8 Å². The molecule has 5 nitrogen and oxygen atoms in total. The number of carbonyl (C=O) groups excluding carboxylic acids is 1. The number of anilines is 1. The first-order valence-electron chi connectivity index (χ1n) is 10.2. The molecule has 2 aliphatic rings. The van der Waals surface area contributed by atoms with Gasteiger partial charge in [-0.25, -0.2) is 8.42 Å². The number of benzene rings is 2. The molecule has 178 valence electrons. The van der Waals surface area contributed by atoms with Crippen LogP contribution >= 0.6 is 23.2 Å². The normalized spacial score (nSPS) is 22.8. The minimum absolute atomic E-state index is 0.0261. The van der Waals surface area contributed by atoms with Crippen molar-refractivity contribution in [3.8, 4) is 0 Å². The number of halogens is 5. The molecule has 0 radical (unpaired) electrons. The summed E-state index contributed by atoms with van der Waals surface area (Å²) in [6.45, 7) is 1.55. The van der Waals surface area contributed by atoms with E-state index < -0.39 is 33.4 Å². The van der Waals surface area contributed by atoms with Gasteiger partial charge in [-0.15, -0.1) is 0 Å². The monoisotopic (exact) mass is 520 g/mol. The van der Waals surface area contributed by atoms with E-state index in [9.17, 15) is 26.4 Å². The highest BCUT2D eigenvalue weighted by Crippen LogP contribution is 2.49. The molecule has 1 N–H and O–H groups in total. The Morgan fingerprint density at radius 2 is 1.76 bits per heavy atom. The van der Waals surface area contributed by atoms with Crippen molar-refractivity contribution < 1.29 is 26.4 Å². The van der Waals surface area contributed by atoms with E-state index in [1.54, 1.807) is 30.0 Å². The molecule has 0 aliphatic carbocycles. The Morgan fingerprint density at radius 1 is 1.12 bits per heavy atom. The molecule has 0 bridgehead atoms. The summed E-state index contributed by atoms with van der Waals surface area (Å²) >= 11 is 12.0. The summed E-state index contributed by atoms with van der Waals surface area (Å²) in [6.07, 6.45) is -4.68. The van der Waals surface area contributed by atoms with Crippen molar-refractivity contribution in [2.24, 2.45) is 0 Å². The summed E-state index contributed by atoms with van der Waals surface area (Å²) in [4.78, 5) is 14.1. The van der Waals surface area contributed by atoms with Gasteiger partial charge in [0.1, 0.15) is 5.41 Å². The first-order chi connectivity index (χ1) is 15.3. The number of amides is 1. The van der Waals surface area contributed by atoms with Crippen molar-refractivity contribution in [2.75, 3.05) is 29.5 Å². The van der Waals surface area contributed by atoms with Gasteiger partial charge in [-0.1, -0.05) is 23.2 Å². The SMILES string of the molecule is Cc1cc(N2CCC(c3cc(Cl)cc(Cl)c3)(C(F)(F)F)C2)ccc1C(=O)NC1CS(=O)(=O)C1. The van der Waals surface area contributed by atoms with Crippen molar-refractivity contribution in [3.05, 3.63) is 63.1 Å². The fraction of sp³-hybridized carbons (Fsp3) is 0.409. The Bertz CT molecular complexity index is 1190. The zero-order valence-corrected chi connectivity index (χ0v) is 19.9. The number of alkyl halides is 3. The summed E-state index contributed by atoms with van der Waals surface area (Å²) in [6, 6.07) is 8.43. The smallest absolute Gasteiger partial charge is 0.370 e. The number of carbonyl (C=O) groups is 1. The number of rotatable bonds is 4. The molecule has 0 aromatic heterocycles. The Morgan fingerprint density at radius 3 is 2.30 bits per heavy atom. The Kier molecular flexibility index (Phi) is 6.12. The van der Waals surface area contributed by atoms with Crippen molar-refractivity contribution in [2.45, 2.75) is 31.0 Å². The lowest BCUT2D eigenvalue weighted by molar-refractivity contribution is -0.184. The third-order valence-corrected chi connectivity index (χ3v) is 8.55. The second-order valence-corrected chi connectivity index (χ2v) is 11.7. The maximum absolute atomic E-state index is 14.3. The molecule has 2 aromatic rings. The molecule has 0 saturated carbocycles. The fourth-order valence-electron chi connectivity index (χ4n) is 4.50. The van der Waals surface area contributed by atoms with Crippen molar-refractivity contribution in [1.29, 1.82) is 0 Å². The molecule has 0 spiro atoms. The molecule has 4 rings (SSSR count). The highest BCUT2D eigenvalue weighted by Gasteiger charge is 2.59. The molecule has 1 atom stereocenters. The van der Waals surface area contributed by atoms with Gasteiger partial charge in [-0.05, 0) is 60.9 Å². The van der Waals surface area contributed by atoms with Gasteiger partial charge in [0.05, 0.1) is 17.5 Å². The average Bonchev–Trinajstić information content (AvgIpc) is 3.12. The molecule has 11 heteroatoms. The predicted octanol–water partition coefficient (Wildman–Crippen LogP) is 4.54. The van der Waals surface area contributed by atoms with E-state index in [-0.39, 0.29) is 46.6 Å². The van der Waals surface area contributed by atoms with Crippen LogP contribution in [0.3, 0.4) is 0 Å². The van der Waals surface area contributed by atoms with Gasteiger partial charge in [0, 0.05) is 34.4 Å². The second-order valence-electron chi connectivity index (χ2n) is 8.66. The third kappa shape index (κ3) is 4.68. The second kappa shape index (κ2) is 8.36. The lowest BCUT2D eigenvalue weighted by atomic mass is 9.79. The van der Waals surface area contributed by atoms with Gasteiger partial charge in [0.25, 0.3) is 5.91 Å². The van der Waals surface area contributed by atoms with E-state index in [1.807, 2.05) is 0 Å². The summed E-state index contributed by atoms with van der Waals surface area (Å²) in [5.74, 6) is -0.577. The van der Waals surface area contributed by atoms with Gasteiger partial charge >= 0.3 is 6.18 Å². The van der Waals surface area contributed by atoms with Gasteiger partial charge in [0.15, 0.2) is 9.84 Å². The molecule has 2 aromatic carbocycles. The van der Waals surface area contributed by atoms with Crippen LogP contribution in [-0.4, -0.2) is 51.1 Å². The number of nitrogens with zero attached hydrogens (tertiary/aromatic N) is 1. The average molecular weight is 521 g/mol. The standard InChI is InChI=1S/C22H21Cl2F3N2O3S/c1-13-6-18(2-3-19(13)20(30)28-17-10-33(31,32)11-17)29-5-4-21(12-29,22(25,26)27)14-7-15(23)9-16(24)8-14/h2-3,6-9,17H,4-5,10-12H2,1H3,(H,28,30). The number of hydrogen-bond donors (Lipinski definition) is 1. The van der Waals surface area contributed by atoms with Crippen molar-refractivity contribution >= 4 is 44.6 Å². The van der Waals surface area contributed by atoms with Crippen LogP contribution < -0.4 is 10.2 Å². The van der Waals surface area contributed by atoms with Crippen LogP contribution in [-0.2, 0) is 15.3 Å². The van der Waals surface area contributed by atoms with Crippen LogP contribution in [0.5, 0.6) is 0 Å². The zero-order chi connectivity index (χ0) is 24.2. The Hall–Kier alpha value is -1.97. The number of sulfone groups is 1. The third-order valence-electron chi connectivity index (χ3n) is 6.29. The highest BCUT2D eigenvalue weighted by atomic mass is 35.5. The molecule has 2 saturated heterocycles. The Labute approximate surface area is 199 Å². The minimum atomic E-state index is -4.52. The first kappa shape index (κ1) is 24.2. The molecular formula is C22H21Cl2F3N2O3S. The van der Waals surface area contributed by atoms with E-state index in [2.05, 4.69) is 5.32 Å². The van der Waals surface area contributed by atoms with Crippen molar-refractivity contribution in [1.82, 2.24) is 5.32 Å². The van der Waals surface area contributed by atoms with Gasteiger partial charge < -0.3 is 10.2 Å². The molecule has 1 amide bonds. The van der Waals surface area contributed by atoms with Crippen LogP contribution in [0, 0.1) is 6.92 Å². The zero-order valence-electron chi connectivity index (χ0n) is 17.5. The van der Waals surface area contributed by atoms with E-state index in [1.165, 1.54) is 18.2 Å². The fourth-order valence-corrected chi connectivity index (χ4v) is 6.32. The van der Waals surface area contributed by atoms with E-state index in [0.717, 1.165) is 0 Å². The van der Waals surface area contributed by atoms with E-state index in [4.69, 9.17) is 23.2 Å². The first-order valence-corrected chi connectivity index (χ1v) is 12.8. The molecular weight excluding hydrogens is 500 g/mol. The summed E-state index contributed by atoms with van der Waals surface area (Å²) in [5.41, 5.74) is -0.595.